The van der Waals surface area contributed by atoms with E-state index in [1.807, 2.05) is 74.5 Å². The van der Waals surface area contributed by atoms with Crippen molar-refractivity contribution in [2.24, 2.45) is 22.8 Å². The molecule has 2 aromatic rings. The van der Waals surface area contributed by atoms with E-state index < -0.39 is 52.1 Å². The van der Waals surface area contributed by atoms with Crippen molar-refractivity contribution in [1.29, 1.82) is 0 Å². The number of nitrogens with one attached hydrogen (secondary N) is 3. The first-order chi connectivity index (χ1) is 25.6. The van der Waals surface area contributed by atoms with E-state index in [9.17, 15) is 27.6 Å². The Morgan fingerprint density at radius 1 is 0.778 bits per heavy atom. The first-order valence-electron chi connectivity index (χ1n) is 19.0. The minimum absolute atomic E-state index is 0.0197. The van der Waals surface area contributed by atoms with Gasteiger partial charge in [0.05, 0.1) is 6.04 Å². The van der Waals surface area contributed by atoms with Crippen LogP contribution in [0.3, 0.4) is 0 Å². The van der Waals surface area contributed by atoms with E-state index in [2.05, 4.69) is 16.0 Å². The van der Waals surface area contributed by atoms with Gasteiger partial charge in [-0.1, -0.05) is 74.5 Å². The number of carbonyl (C=O) groups is 4. The number of hydrogen-bond donors (Lipinski definition) is 5. The number of hydrogen-bond acceptors (Lipinski definition) is 8. The monoisotopic (exact) mass is 768 g/mol. The Morgan fingerprint density at radius 3 is 1.83 bits per heavy atom. The van der Waals surface area contributed by atoms with Crippen molar-refractivity contribution in [3.8, 4) is 0 Å². The summed E-state index contributed by atoms with van der Waals surface area (Å²) in [6, 6.07) is 15.0. The molecule has 4 rings (SSSR count). The first kappa shape index (κ1) is 42.8. The number of likely N-dealkylation sites (tertiary alicyclic amines) is 1. The molecule has 0 aromatic heterocycles. The Hall–Kier alpha value is -3.89. The van der Waals surface area contributed by atoms with Crippen molar-refractivity contribution in [3.05, 3.63) is 71.8 Å². The maximum Gasteiger partial charge on any atom is 0.281 e. The fraction of sp³-hybridized carbons (Fsp3) is 0.590. The number of unbranched alkanes of at least 4 members (excludes halogenated alkanes) is 1. The Morgan fingerprint density at radius 2 is 1.30 bits per heavy atom. The molecular formula is C39H60N8O6S. The van der Waals surface area contributed by atoms with Crippen LogP contribution in [0.2, 0.25) is 0 Å². The molecule has 2 aromatic carbocycles. The predicted octanol–water partition coefficient (Wildman–Crippen LogP) is 1.16. The van der Waals surface area contributed by atoms with Gasteiger partial charge in [0.1, 0.15) is 18.1 Å². The summed E-state index contributed by atoms with van der Waals surface area (Å²) in [6.07, 6.45) is 3.76. The topological polar surface area (TPSA) is 200 Å². The fourth-order valence-electron chi connectivity index (χ4n) is 7.17. The molecule has 0 saturated carbocycles. The van der Waals surface area contributed by atoms with Crippen molar-refractivity contribution in [3.63, 3.8) is 0 Å². The molecule has 7 N–H and O–H groups in total. The molecule has 2 heterocycles. The Labute approximate surface area is 320 Å². The lowest BCUT2D eigenvalue weighted by molar-refractivity contribution is -0.150. The van der Waals surface area contributed by atoms with Crippen LogP contribution >= 0.6 is 0 Å². The van der Waals surface area contributed by atoms with Crippen molar-refractivity contribution in [2.75, 3.05) is 46.8 Å². The number of nitrogens with zero attached hydrogens (tertiary/aromatic N) is 3. The van der Waals surface area contributed by atoms with Gasteiger partial charge in [0, 0.05) is 52.1 Å². The second-order valence-electron chi connectivity index (χ2n) is 15.5. The molecular weight excluding hydrogens is 709 g/mol. The number of carbonyl (C=O) groups excluding carboxylic acids is 4. The number of piperidine rings is 1. The molecule has 4 amide bonds. The highest BCUT2D eigenvalue weighted by molar-refractivity contribution is 7.86. The third-order valence-corrected chi connectivity index (χ3v) is 12.3. The average molecular weight is 769 g/mol. The molecule has 0 radical (unpaired) electrons. The lowest BCUT2D eigenvalue weighted by atomic mass is 9.72. The summed E-state index contributed by atoms with van der Waals surface area (Å²) in [5, 5.41) is 8.68. The molecule has 0 aliphatic carbocycles. The molecule has 1 spiro atoms. The molecule has 2 saturated heterocycles. The van der Waals surface area contributed by atoms with Crippen molar-refractivity contribution in [1.82, 2.24) is 29.5 Å². The van der Waals surface area contributed by atoms with Crippen LogP contribution in [-0.2, 0) is 42.2 Å². The van der Waals surface area contributed by atoms with Crippen molar-refractivity contribution < 1.29 is 27.6 Å². The molecule has 15 heteroatoms. The van der Waals surface area contributed by atoms with Gasteiger partial charge in [-0.3, -0.25) is 19.2 Å². The normalized spacial score (nSPS) is 18.0. The summed E-state index contributed by atoms with van der Waals surface area (Å²) < 4.78 is 27.9. The van der Waals surface area contributed by atoms with Gasteiger partial charge in [-0.15, -0.1) is 0 Å². The van der Waals surface area contributed by atoms with E-state index in [0.717, 1.165) is 11.1 Å². The van der Waals surface area contributed by atoms with Gasteiger partial charge in [0.2, 0.25) is 23.6 Å². The van der Waals surface area contributed by atoms with Gasteiger partial charge in [0.15, 0.2) is 0 Å². The summed E-state index contributed by atoms with van der Waals surface area (Å²) in [5.41, 5.74) is 13.6. The lowest BCUT2D eigenvalue weighted by Crippen LogP contribution is -2.66. The Kier molecular flexibility index (Phi) is 15.6. The second-order valence-corrected chi connectivity index (χ2v) is 17.6. The third kappa shape index (κ3) is 11.8. The molecule has 0 unspecified atom stereocenters. The van der Waals surface area contributed by atoms with Crippen LogP contribution in [0.1, 0.15) is 63.5 Å². The van der Waals surface area contributed by atoms with E-state index >= 15 is 0 Å². The molecule has 0 bridgehead atoms. The molecule has 2 aliphatic rings. The van der Waals surface area contributed by atoms with Gasteiger partial charge in [-0.05, 0) is 68.5 Å². The van der Waals surface area contributed by atoms with Crippen LogP contribution in [0.15, 0.2) is 60.7 Å². The number of amides is 4. The average Bonchev–Trinajstić information content (AvgIpc) is 3.13. The zero-order valence-corrected chi connectivity index (χ0v) is 33.0. The van der Waals surface area contributed by atoms with Gasteiger partial charge in [-0.2, -0.15) is 17.0 Å². The van der Waals surface area contributed by atoms with Crippen molar-refractivity contribution in [2.45, 2.75) is 89.4 Å². The van der Waals surface area contributed by atoms with E-state index in [0.29, 0.717) is 77.7 Å². The summed E-state index contributed by atoms with van der Waals surface area (Å²) in [5.74, 6) is -1.68. The summed E-state index contributed by atoms with van der Waals surface area (Å²) >= 11 is 0. The van der Waals surface area contributed by atoms with Crippen LogP contribution in [0.4, 0.5) is 0 Å². The van der Waals surface area contributed by atoms with E-state index in [1.54, 1.807) is 4.90 Å². The lowest BCUT2D eigenvalue weighted by Gasteiger charge is -2.54. The van der Waals surface area contributed by atoms with Crippen LogP contribution in [0.25, 0.3) is 0 Å². The molecule has 14 nitrogen and oxygen atoms in total. The van der Waals surface area contributed by atoms with Crippen LogP contribution < -0.4 is 27.4 Å². The highest BCUT2D eigenvalue weighted by atomic mass is 32.2. The van der Waals surface area contributed by atoms with Crippen LogP contribution in [0, 0.1) is 11.3 Å². The fourth-order valence-corrected chi connectivity index (χ4v) is 8.28. The van der Waals surface area contributed by atoms with E-state index in [1.165, 1.54) is 22.7 Å². The highest BCUT2D eigenvalue weighted by Gasteiger charge is 2.49. The summed E-state index contributed by atoms with van der Waals surface area (Å²) in [4.78, 5) is 56.9. The van der Waals surface area contributed by atoms with Gasteiger partial charge < -0.3 is 32.3 Å². The van der Waals surface area contributed by atoms with Gasteiger partial charge >= 0.3 is 0 Å². The zero-order chi connectivity index (χ0) is 39.5. The van der Waals surface area contributed by atoms with Crippen molar-refractivity contribution >= 4 is 33.8 Å². The zero-order valence-electron chi connectivity index (χ0n) is 32.2. The maximum absolute atomic E-state index is 14.0. The highest BCUT2D eigenvalue weighted by Crippen LogP contribution is 2.41. The predicted molar refractivity (Wildman–Crippen MR) is 209 cm³/mol. The van der Waals surface area contributed by atoms with E-state index in [4.69, 9.17) is 11.5 Å². The third-order valence-electron chi connectivity index (χ3n) is 10.4. The summed E-state index contributed by atoms with van der Waals surface area (Å²) in [7, 11) is -0.464. The molecule has 2 aliphatic heterocycles. The van der Waals surface area contributed by atoms with Crippen LogP contribution in [-0.4, -0.2) is 117 Å². The largest absolute Gasteiger partial charge is 0.343 e. The molecule has 298 valence electrons. The summed E-state index contributed by atoms with van der Waals surface area (Å²) in [6.45, 7) is 6.09. The molecule has 2 fully saturated rings. The number of rotatable bonds is 19. The first-order valence-corrected chi connectivity index (χ1v) is 20.4. The number of benzene rings is 2. The molecule has 54 heavy (non-hydrogen) atoms. The maximum atomic E-state index is 14.0. The number of nitrogens with two attached hydrogens (primary N) is 2. The van der Waals surface area contributed by atoms with Gasteiger partial charge in [0.25, 0.3) is 10.2 Å². The Balaban J connectivity index is 1.44. The Bertz CT molecular complexity index is 1640. The minimum atomic E-state index is -3.50. The minimum Gasteiger partial charge on any atom is -0.343 e. The van der Waals surface area contributed by atoms with Gasteiger partial charge in [-0.25, -0.2) is 0 Å². The standard InChI is InChI=1S/C39H60N8O6S/c1-28(2)23-33(44-37(50)34(25-30-15-9-6-10-16-30)43-35(48)31(41)24-29-13-7-5-8-14-29)36(49)42-32(17-11-12-20-40)38(51)46-26-39(27-46)18-21-47(22-19-39)54(52,53)45(3)4/h5-10,13-16,28,31-34H,11-12,17-27,40-41H2,1-4H3,(H,42,49)(H,43,48)(H,44,50)/t31-,32-,33-,34-/m1/s1. The SMILES string of the molecule is CC(C)C[C@@H](NC(=O)[C@@H](Cc1ccccc1)NC(=O)[C@H](N)Cc1ccccc1)C(=O)N[C@H](CCCCN)C(=O)N1CC2(CCN(S(=O)(=O)N(C)C)CC2)C1. The quantitative estimate of drug-likeness (QED) is 0.131. The van der Waals surface area contributed by atoms with Crippen LogP contribution in [0.5, 0.6) is 0 Å². The molecule has 4 atom stereocenters. The smallest absolute Gasteiger partial charge is 0.281 e. The second kappa shape index (κ2) is 19.6. The van der Waals surface area contributed by atoms with E-state index in [-0.39, 0.29) is 23.7 Å².